The van der Waals surface area contributed by atoms with Crippen LogP contribution in [0.25, 0.3) is 0 Å². The summed E-state index contributed by atoms with van der Waals surface area (Å²) in [5.74, 6) is -0.347. The summed E-state index contributed by atoms with van der Waals surface area (Å²) in [6.45, 7) is 2.15. The number of rotatable bonds is 4. The van der Waals surface area contributed by atoms with Crippen LogP contribution in [0.15, 0.2) is 35.2 Å². The molecule has 0 fully saturated rings. The number of ether oxygens (including phenoxy) is 1. The Labute approximate surface area is 112 Å². The van der Waals surface area contributed by atoms with Crippen LogP contribution in [0, 0.1) is 6.92 Å². The quantitative estimate of drug-likeness (QED) is 0.642. The zero-order chi connectivity index (χ0) is 14.0. The predicted octanol–water partition coefficient (Wildman–Crippen LogP) is 1.27. The lowest BCUT2D eigenvalue weighted by Gasteiger charge is -2.22. The van der Waals surface area contributed by atoms with E-state index in [-0.39, 0.29) is 23.5 Å². The van der Waals surface area contributed by atoms with Gasteiger partial charge in [-0.2, -0.15) is 8.42 Å². The van der Waals surface area contributed by atoms with Crippen molar-refractivity contribution in [1.29, 1.82) is 0 Å². The maximum atomic E-state index is 11.2. The van der Waals surface area contributed by atoms with E-state index in [1.807, 2.05) is 19.1 Å². The molecule has 0 aromatic heterocycles. The fraction of sp³-hybridized carbons (Fsp3) is 0.385. The fourth-order valence-electron chi connectivity index (χ4n) is 2.22. The molecule has 104 valence electrons. The molecule has 0 spiro atoms. The second kappa shape index (κ2) is 5.42. The molecule has 1 aliphatic heterocycles. The molecule has 0 saturated heterocycles. The van der Waals surface area contributed by atoms with Gasteiger partial charge in [-0.15, -0.1) is 0 Å². The molecule has 5 nitrogen and oxygen atoms in total. The van der Waals surface area contributed by atoms with Gasteiger partial charge in [-0.3, -0.25) is 4.55 Å². The maximum absolute atomic E-state index is 11.2. The standard InChI is InChI=1S/C13H16O5S/c1-9-4-5-10(19(15,16)17)7-11(9)12(8-14)13-3-2-6-18-13/h2-5,7,12-14H,6,8H2,1H3,(H,15,16,17). The van der Waals surface area contributed by atoms with Crippen LogP contribution in [0.1, 0.15) is 17.0 Å². The van der Waals surface area contributed by atoms with Crippen molar-refractivity contribution in [2.24, 2.45) is 0 Å². The summed E-state index contributed by atoms with van der Waals surface area (Å²) in [6.07, 6.45) is 3.43. The minimum atomic E-state index is -4.25. The van der Waals surface area contributed by atoms with E-state index in [2.05, 4.69) is 0 Å². The van der Waals surface area contributed by atoms with Crippen molar-refractivity contribution in [3.8, 4) is 0 Å². The van der Waals surface area contributed by atoms with E-state index in [1.54, 1.807) is 6.07 Å². The molecule has 0 radical (unpaired) electrons. The number of aliphatic hydroxyl groups is 1. The van der Waals surface area contributed by atoms with Gasteiger partial charge < -0.3 is 9.84 Å². The first-order chi connectivity index (χ1) is 8.93. The van der Waals surface area contributed by atoms with E-state index in [4.69, 9.17) is 9.29 Å². The topological polar surface area (TPSA) is 83.8 Å². The van der Waals surface area contributed by atoms with Crippen LogP contribution in [0.2, 0.25) is 0 Å². The monoisotopic (exact) mass is 284 g/mol. The molecule has 2 N–H and O–H groups in total. The molecule has 1 aliphatic rings. The highest BCUT2D eigenvalue weighted by Crippen LogP contribution is 2.29. The minimum Gasteiger partial charge on any atom is -0.396 e. The second-order valence-corrected chi connectivity index (χ2v) is 5.93. The highest BCUT2D eigenvalue weighted by molar-refractivity contribution is 7.85. The largest absolute Gasteiger partial charge is 0.396 e. The average molecular weight is 284 g/mol. The van der Waals surface area contributed by atoms with E-state index >= 15 is 0 Å². The molecule has 2 atom stereocenters. The Kier molecular flexibility index (Phi) is 4.05. The molecule has 0 saturated carbocycles. The van der Waals surface area contributed by atoms with Gasteiger partial charge in [0.05, 0.1) is 24.2 Å². The first kappa shape index (κ1) is 14.2. The minimum absolute atomic E-state index is 0.162. The summed E-state index contributed by atoms with van der Waals surface area (Å²) in [7, 11) is -4.25. The van der Waals surface area contributed by atoms with Gasteiger partial charge in [0.25, 0.3) is 10.1 Å². The molecule has 2 unspecified atom stereocenters. The van der Waals surface area contributed by atoms with Gasteiger partial charge in [0.15, 0.2) is 0 Å². The van der Waals surface area contributed by atoms with Crippen LogP contribution in [-0.4, -0.2) is 37.4 Å². The fourth-order valence-corrected chi connectivity index (χ4v) is 2.74. The zero-order valence-corrected chi connectivity index (χ0v) is 11.3. The maximum Gasteiger partial charge on any atom is 0.294 e. The number of hydrogen-bond acceptors (Lipinski definition) is 4. The molecule has 1 heterocycles. The van der Waals surface area contributed by atoms with E-state index in [0.29, 0.717) is 12.2 Å². The third kappa shape index (κ3) is 3.03. The van der Waals surface area contributed by atoms with Gasteiger partial charge in [-0.05, 0) is 30.2 Å². The van der Waals surface area contributed by atoms with E-state index in [9.17, 15) is 13.5 Å². The molecule has 0 aliphatic carbocycles. The summed E-state index contributed by atoms with van der Waals surface area (Å²) in [5.41, 5.74) is 1.50. The SMILES string of the molecule is Cc1ccc(S(=O)(=O)O)cc1C(CO)C1C=CCO1. The molecule has 0 bridgehead atoms. The third-order valence-corrected chi connectivity index (χ3v) is 4.10. The average Bonchev–Trinajstić information content (AvgIpc) is 2.84. The molecule has 1 aromatic carbocycles. The Morgan fingerprint density at radius 3 is 2.74 bits per heavy atom. The van der Waals surface area contributed by atoms with Crippen molar-refractivity contribution in [2.45, 2.75) is 23.8 Å². The van der Waals surface area contributed by atoms with Crippen molar-refractivity contribution >= 4 is 10.1 Å². The summed E-state index contributed by atoms with van der Waals surface area (Å²) < 4.78 is 36.9. The molecular formula is C13H16O5S. The molecule has 2 rings (SSSR count). The van der Waals surface area contributed by atoms with Crippen LogP contribution in [0.3, 0.4) is 0 Å². The van der Waals surface area contributed by atoms with E-state index in [0.717, 1.165) is 5.56 Å². The number of aliphatic hydroxyl groups excluding tert-OH is 1. The van der Waals surface area contributed by atoms with Gasteiger partial charge in [0.2, 0.25) is 0 Å². The van der Waals surface area contributed by atoms with Crippen LogP contribution >= 0.6 is 0 Å². The molecule has 19 heavy (non-hydrogen) atoms. The zero-order valence-electron chi connectivity index (χ0n) is 10.5. The van der Waals surface area contributed by atoms with Crippen LogP contribution in [-0.2, 0) is 14.9 Å². The summed E-state index contributed by atoms with van der Waals surface area (Å²) in [5, 5.41) is 9.53. The number of benzene rings is 1. The van der Waals surface area contributed by atoms with Gasteiger partial charge in [0.1, 0.15) is 0 Å². The van der Waals surface area contributed by atoms with Crippen molar-refractivity contribution in [3.05, 3.63) is 41.5 Å². The van der Waals surface area contributed by atoms with Crippen LogP contribution in [0.5, 0.6) is 0 Å². The van der Waals surface area contributed by atoms with Crippen molar-refractivity contribution in [3.63, 3.8) is 0 Å². The highest BCUT2D eigenvalue weighted by atomic mass is 32.2. The first-order valence-corrected chi connectivity index (χ1v) is 7.34. The van der Waals surface area contributed by atoms with Gasteiger partial charge in [-0.25, -0.2) is 0 Å². The number of hydrogen-bond donors (Lipinski definition) is 2. The van der Waals surface area contributed by atoms with Crippen molar-refractivity contribution in [2.75, 3.05) is 13.2 Å². The molecule has 6 heteroatoms. The Hall–Kier alpha value is -1.21. The number of aryl methyl sites for hydroxylation is 1. The van der Waals surface area contributed by atoms with Gasteiger partial charge >= 0.3 is 0 Å². The predicted molar refractivity (Wildman–Crippen MR) is 69.7 cm³/mol. The Morgan fingerprint density at radius 1 is 1.47 bits per heavy atom. The normalized spacial score (nSPS) is 20.7. The Balaban J connectivity index is 2.44. The first-order valence-electron chi connectivity index (χ1n) is 5.90. The molecule has 1 aromatic rings. The van der Waals surface area contributed by atoms with Crippen molar-refractivity contribution < 1.29 is 22.8 Å². The Morgan fingerprint density at radius 2 is 2.21 bits per heavy atom. The van der Waals surface area contributed by atoms with Gasteiger partial charge in [-0.1, -0.05) is 18.2 Å². The Bertz CT molecular complexity index is 591. The lowest BCUT2D eigenvalue weighted by Crippen LogP contribution is -2.22. The highest BCUT2D eigenvalue weighted by Gasteiger charge is 2.26. The summed E-state index contributed by atoms with van der Waals surface area (Å²) >= 11 is 0. The lowest BCUT2D eigenvalue weighted by molar-refractivity contribution is 0.0827. The summed E-state index contributed by atoms with van der Waals surface area (Å²) in [6, 6.07) is 4.34. The summed E-state index contributed by atoms with van der Waals surface area (Å²) in [4.78, 5) is -0.173. The van der Waals surface area contributed by atoms with Crippen LogP contribution in [0.4, 0.5) is 0 Å². The van der Waals surface area contributed by atoms with Crippen molar-refractivity contribution in [1.82, 2.24) is 0 Å². The van der Waals surface area contributed by atoms with E-state index < -0.39 is 10.1 Å². The second-order valence-electron chi connectivity index (χ2n) is 4.51. The third-order valence-electron chi connectivity index (χ3n) is 3.25. The molecular weight excluding hydrogens is 268 g/mol. The smallest absolute Gasteiger partial charge is 0.294 e. The van der Waals surface area contributed by atoms with Gasteiger partial charge in [0, 0.05) is 5.92 Å². The lowest BCUT2D eigenvalue weighted by atomic mass is 9.91. The van der Waals surface area contributed by atoms with Crippen LogP contribution < -0.4 is 0 Å². The van der Waals surface area contributed by atoms with E-state index in [1.165, 1.54) is 12.1 Å². The molecule has 0 amide bonds.